The SMILES string of the molecule is Cc1cccc(C)c1/N=C/c1cccc(/C=N/C(C)(C)C)n1. The van der Waals surface area contributed by atoms with E-state index in [2.05, 4.69) is 61.7 Å². The second kappa shape index (κ2) is 6.65. The lowest BCUT2D eigenvalue weighted by molar-refractivity contribution is 0.586. The molecule has 114 valence electrons. The Morgan fingerprint density at radius 2 is 1.41 bits per heavy atom. The Bertz CT molecular complexity index is 687. The first-order valence-electron chi connectivity index (χ1n) is 7.48. The number of pyridine rings is 1. The summed E-state index contributed by atoms with van der Waals surface area (Å²) < 4.78 is 0. The zero-order valence-corrected chi connectivity index (χ0v) is 14.0. The monoisotopic (exact) mass is 293 g/mol. The molecule has 0 aliphatic carbocycles. The molecular formula is C19H23N3. The number of aromatic nitrogens is 1. The maximum Gasteiger partial charge on any atom is 0.0820 e. The molecule has 3 heteroatoms. The Labute approximate surface area is 132 Å². The van der Waals surface area contributed by atoms with E-state index < -0.39 is 0 Å². The summed E-state index contributed by atoms with van der Waals surface area (Å²) in [6, 6.07) is 12.1. The number of rotatable bonds is 3. The van der Waals surface area contributed by atoms with Gasteiger partial charge in [0, 0.05) is 6.21 Å². The summed E-state index contributed by atoms with van der Waals surface area (Å²) in [6.07, 6.45) is 3.63. The minimum atomic E-state index is -0.0932. The predicted molar refractivity (Wildman–Crippen MR) is 94.8 cm³/mol. The van der Waals surface area contributed by atoms with Gasteiger partial charge in [0.15, 0.2) is 0 Å². The number of aliphatic imine (C=N–C) groups is 2. The van der Waals surface area contributed by atoms with Crippen LogP contribution in [0.5, 0.6) is 0 Å². The van der Waals surface area contributed by atoms with Crippen molar-refractivity contribution in [2.24, 2.45) is 9.98 Å². The Balaban J connectivity index is 2.24. The molecule has 0 fully saturated rings. The average Bonchev–Trinajstić information content (AvgIpc) is 2.44. The van der Waals surface area contributed by atoms with Gasteiger partial charge in [-0.1, -0.05) is 24.3 Å². The standard InChI is InChI=1S/C19H23N3/c1-14-8-6-9-15(2)18(14)20-12-16-10-7-11-17(22-16)13-21-19(3,4)5/h6-13H,1-5H3/b20-12+,21-13+. The van der Waals surface area contributed by atoms with Crippen LogP contribution in [0.1, 0.15) is 43.3 Å². The minimum Gasteiger partial charge on any atom is -0.285 e. The smallest absolute Gasteiger partial charge is 0.0820 e. The van der Waals surface area contributed by atoms with Gasteiger partial charge < -0.3 is 0 Å². The Hall–Kier alpha value is -2.29. The summed E-state index contributed by atoms with van der Waals surface area (Å²) in [5, 5.41) is 0. The van der Waals surface area contributed by atoms with Gasteiger partial charge in [0.2, 0.25) is 0 Å². The van der Waals surface area contributed by atoms with Crippen molar-refractivity contribution in [3.8, 4) is 0 Å². The molecule has 0 amide bonds. The number of hydrogen-bond acceptors (Lipinski definition) is 3. The molecule has 2 aromatic rings. The van der Waals surface area contributed by atoms with Crippen LogP contribution in [0.3, 0.4) is 0 Å². The summed E-state index contributed by atoms with van der Waals surface area (Å²) in [5.74, 6) is 0. The Kier molecular flexibility index (Phi) is 4.86. The zero-order valence-electron chi connectivity index (χ0n) is 14.0. The normalized spacial score (nSPS) is 12.4. The highest BCUT2D eigenvalue weighted by Gasteiger charge is 2.05. The lowest BCUT2D eigenvalue weighted by Crippen LogP contribution is -2.10. The van der Waals surface area contributed by atoms with Crippen LogP contribution in [-0.2, 0) is 0 Å². The number of benzene rings is 1. The number of nitrogens with zero attached hydrogens (tertiary/aromatic N) is 3. The Morgan fingerprint density at radius 1 is 0.864 bits per heavy atom. The maximum absolute atomic E-state index is 4.59. The zero-order chi connectivity index (χ0) is 16.2. The van der Waals surface area contributed by atoms with Gasteiger partial charge in [-0.2, -0.15) is 0 Å². The van der Waals surface area contributed by atoms with Crippen molar-refractivity contribution in [3.05, 3.63) is 58.9 Å². The fourth-order valence-electron chi connectivity index (χ4n) is 2.01. The molecule has 0 unspecified atom stereocenters. The second-order valence-corrected chi connectivity index (χ2v) is 6.41. The second-order valence-electron chi connectivity index (χ2n) is 6.41. The molecule has 3 nitrogen and oxygen atoms in total. The van der Waals surface area contributed by atoms with Crippen LogP contribution in [-0.4, -0.2) is 23.0 Å². The van der Waals surface area contributed by atoms with E-state index in [1.54, 1.807) is 0 Å². The van der Waals surface area contributed by atoms with E-state index in [4.69, 9.17) is 0 Å². The number of para-hydroxylation sites is 1. The quantitative estimate of drug-likeness (QED) is 0.758. The molecular weight excluding hydrogens is 270 g/mol. The molecule has 0 saturated heterocycles. The summed E-state index contributed by atoms with van der Waals surface area (Å²) in [4.78, 5) is 13.6. The van der Waals surface area contributed by atoms with Crippen molar-refractivity contribution >= 4 is 18.1 Å². The molecule has 0 bridgehead atoms. The van der Waals surface area contributed by atoms with E-state index in [1.165, 1.54) is 11.1 Å². The summed E-state index contributed by atoms with van der Waals surface area (Å²) in [5.41, 5.74) is 4.94. The van der Waals surface area contributed by atoms with Crippen molar-refractivity contribution in [1.82, 2.24) is 4.98 Å². The molecule has 0 saturated carbocycles. The lowest BCUT2D eigenvalue weighted by atomic mass is 10.1. The van der Waals surface area contributed by atoms with Gasteiger partial charge in [-0.25, -0.2) is 4.98 Å². The molecule has 2 rings (SSSR count). The van der Waals surface area contributed by atoms with Crippen LogP contribution in [0.15, 0.2) is 46.4 Å². The van der Waals surface area contributed by atoms with Crippen molar-refractivity contribution in [1.29, 1.82) is 0 Å². The number of aryl methyl sites for hydroxylation is 2. The molecule has 0 N–H and O–H groups in total. The molecule has 0 radical (unpaired) electrons. The van der Waals surface area contributed by atoms with Gasteiger partial charge in [-0.05, 0) is 57.9 Å². The van der Waals surface area contributed by atoms with E-state index in [0.717, 1.165) is 17.1 Å². The third-order valence-corrected chi connectivity index (χ3v) is 3.14. The van der Waals surface area contributed by atoms with Crippen molar-refractivity contribution in [2.75, 3.05) is 0 Å². The number of hydrogen-bond donors (Lipinski definition) is 0. The van der Waals surface area contributed by atoms with E-state index in [-0.39, 0.29) is 5.54 Å². The third kappa shape index (κ3) is 4.62. The van der Waals surface area contributed by atoms with Crippen LogP contribution < -0.4 is 0 Å². The maximum atomic E-state index is 4.59. The van der Waals surface area contributed by atoms with Gasteiger partial charge >= 0.3 is 0 Å². The van der Waals surface area contributed by atoms with Crippen molar-refractivity contribution < 1.29 is 0 Å². The minimum absolute atomic E-state index is 0.0932. The predicted octanol–water partition coefficient (Wildman–Crippen LogP) is 4.67. The van der Waals surface area contributed by atoms with Gasteiger partial charge in [0.25, 0.3) is 0 Å². The van der Waals surface area contributed by atoms with E-state index in [1.807, 2.05) is 36.7 Å². The van der Waals surface area contributed by atoms with Crippen molar-refractivity contribution in [3.63, 3.8) is 0 Å². The topological polar surface area (TPSA) is 37.6 Å². The first-order valence-corrected chi connectivity index (χ1v) is 7.48. The van der Waals surface area contributed by atoms with Gasteiger partial charge in [-0.3, -0.25) is 9.98 Å². The molecule has 1 heterocycles. The van der Waals surface area contributed by atoms with Gasteiger partial charge in [-0.15, -0.1) is 0 Å². The van der Waals surface area contributed by atoms with Gasteiger partial charge in [0.1, 0.15) is 0 Å². The highest BCUT2D eigenvalue weighted by molar-refractivity contribution is 5.83. The summed E-state index contributed by atoms with van der Waals surface area (Å²) >= 11 is 0. The largest absolute Gasteiger partial charge is 0.285 e. The van der Waals surface area contributed by atoms with E-state index in [0.29, 0.717) is 0 Å². The third-order valence-electron chi connectivity index (χ3n) is 3.14. The summed E-state index contributed by atoms with van der Waals surface area (Å²) in [6.45, 7) is 10.3. The van der Waals surface area contributed by atoms with E-state index in [9.17, 15) is 0 Å². The van der Waals surface area contributed by atoms with E-state index >= 15 is 0 Å². The Morgan fingerprint density at radius 3 is 2.00 bits per heavy atom. The fraction of sp³-hybridized carbons (Fsp3) is 0.316. The molecule has 22 heavy (non-hydrogen) atoms. The molecule has 1 aromatic heterocycles. The molecule has 0 atom stereocenters. The highest BCUT2D eigenvalue weighted by atomic mass is 14.8. The molecule has 0 aliphatic rings. The molecule has 0 aliphatic heterocycles. The van der Waals surface area contributed by atoms with Crippen LogP contribution in [0.4, 0.5) is 5.69 Å². The first kappa shape index (κ1) is 16.1. The first-order chi connectivity index (χ1) is 10.3. The average molecular weight is 293 g/mol. The molecule has 0 spiro atoms. The van der Waals surface area contributed by atoms with Crippen molar-refractivity contribution in [2.45, 2.75) is 40.2 Å². The van der Waals surface area contributed by atoms with Crippen LogP contribution in [0.25, 0.3) is 0 Å². The highest BCUT2D eigenvalue weighted by Crippen LogP contribution is 2.22. The van der Waals surface area contributed by atoms with Crippen LogP contribution in [0.2, 0.25) is 0 Å². The van der Waals surface area contributed by atoms with Gasteiger partial charge in [0.05, 0.1) is 28.8 Å². The lowest BCUT2D eigenvalue weighted by Gasteiger charge is -2.10. The summed E-state index contributed by atoms with van der Waals surface area (Å²) in [7, 11) is 0. The fourth-order valence-corrected chi connectivity index (χ4v) is 2.01. The van der Waals surface area contributed by atoms with Crippen LogP contribution >= 0.6 is 0 Å². The molecule has 1 aromatic carbocycles. The van der Waals surface area contributed by atoms with Crippen LogP contribution in [0, 0.1) is 13.8 Å².